The van der Waals surface area contributed by atoms with Gasteiger partial charge >= 0.3 is 0 Å². The number of halogens is 1. The molecule has 1 aliphatic rings. The molecule has 0 spiro atoms. The zero-order valence-corrected chi connectivity index (χ0v) is 15.7. The minimum absolute atomic E-state index is 0. The summed E-state index contributed by atoms with van der Waals surface area (Å²) < 4.78 is 5.00. The zero-order chi connectivity index (χ0) is 16.5. The standard InChI is InChI=1S/C19H30N2O2.ClH/c1-16-7-6-8-17(15-16)19(9-4-3-5-10-19)18(22)21-12-11-20-13-14-23-2;/h6-8,15,20H,3-5,9-14H2,1-2H3,(H,21,22);1H. The van der Waals surface area contributed by atoms with E-state index in [-0.39, 0.29) is 23.7 Å². The van der Waals surface area contributed by atoms with E-state index < -0.39 is 0 Å². The lowest BCUT2D eigenvalue weighted by Crippen LogP contribution is -2.47. The van der Waals surface area contributed by atoms with Gasteiger partial charge < -0.3 is 15.4 Å². The summed E-state index contributed by atoms with van der Waals surface area (Å²) in [5.41, 5.74) is 2.07. The lowest BCUT2D eigenvalue weighted by molar-refractivity contribution is -0.128. The van der Waals surface area contributed by atoms with E-state index in [2.05, 4.69) is 41.8 Å². The third-order valence-electron chi connectivity index (χ3n) is 4.78. The molecular weight excluding hydrogens is 324 g/mol. The Labute approximate surface area is 152 Å². The van der Waals surface area contributed by atoms with Crippen molar-refractivity contribution in [2.45, 2.75) is 44.4 Å². The van der Waals surface area contributed by atoms with E-state index in [4.69, 9.17) is 4.74 Å². The Morgan fingerprint density at radius 3 is 2.58 bits per heavy atom. The molecule has 0 bridgehead atoms. The number of hydrogen-bond acceptors (Lipinski definition) is 3. The summed E-state index contributed by atoms with van der Waals surface area (Å²) in [5, 5.41) is 6.41. The monoisotopic (exact) mass is 354 g/mol. The molecule has 1 fully saturated rings. The largest absolute Gasteiger partial charge is 0.383 e. The predicted octanol–water partition coefficient (Wildman–Crippen LogP) is 2.97. The molecule has 0 aromatic heterocycles. The number of carbonyl (C=O) groups is 1. The van der Waals surface area contributed by atoms with Crippen molar-refractivity contribution in [2.75, 3.05) is 33.4 Å². The molecule has 1 aliphatic carbocycles. The number of methoxy groups -OCH3 is 1. The Hall–Kier alpha value is -1.10. The van der Waals surface area contributed by atoms with Crippen LogP contribution in [0.2, 0.25) is 0 Å². The fourth-order valence-corrected chi connectivity index (χ4v) is 3.48. The first-order chi connectivity index (χ1) is 11.2. The van der Waals surface area contributed by atoms with Gasteiger partial charge in [0.05, 0.1) is 12.0 Å². The molecule has 5 heteroatoms. The Balaban J connectivity index is 0.00000288. The van der Waals surface area contributed by atoms with Crippen LogP contribution in [-0.4, -0.2) is 39.3 Å². The summed E-state index contributed by atoms with van der Waals surface area (Å²) in [6.45, 7) is 5.04. The highest BCUT2D eigenvalue weighted by molar-refractivity contribution is 5.88. The minimum Gasteiger partial charge on any atom is -0.383 e. The number of aryl methyl sites for hydroxylation is 1. The third kappa shape index (κ3) is 5.47. The summed E-state index contributed by atoms with van der Waals surface area (Å²) >= 11 is 0. The molecule has 2 N–H and O–H groups in total. The molecule has 0 unspecified atom stereocenters. The number of benzene rings is 1. The van der Waals surface area contributed by atoms with Gasteiger partial charge in [0.1, 0.15) is 0 Å². The molecule has 0 atom stereocenters. The van der Waals surface area contributed by atoms with E-state index in [1.165, 1.54) is 17.5 Å². The van der Waals surface area contributed by atoms with Crippen molar-refractivity contribution in [1.82, 2.24) is 10.6 Å². The average molecular weight is 355 g/mol. The van der Waals surface area contributed by atoms with Crippen LogP contribution in [0.4, 0.5) is 0 Å². The van der Waals surface area contributed by atoms with Crippen LogP contribution in [-0.2, 0) is 14.9 Å². The fraction of sp³-hybridized carbons (Fsp3) is 0.632. The van der Waals surface area contributed by atoms with E-state index in [1.807, 2.05) is 0 Å². The molecule has 0 saturated heterocycles. The lowest BCUT2D eigenvalue weighted by Gasteiger charge is -2.36. The number of nitrogens with one attached hydrogen (secondary N) is 2. The Kier molecular flexibility index (Phi) is 9.34. The van der Waals surface area contributed by atoms with Crippen LogP contribution in [0.1, 0.15) is 43.2 Å². The van der Waals surface area contributed by atoms with Gasteiger partial charge in [-0.2, -0.15) is 0 Å². The van der Waals surface area contributed by atoms with E-state index in [9.17, 15) is 4.79 Å². The van der Waals surface area contributed by atoms with Gasteiger partial charge in [-0.1, -0.05) is 49.1 Å². The molecule has 1 amide bonds. The second-order valence-electron chi connectivity index (χ2n) is 6.51. The van der Waals surface area contributed by atoms with Crippen molar-refractivity contribution in [3.8, 4) is 0 Å². The van der Waals surface area contributed by atoms with Crippen LogP contribution >= 0.6 is 12.4 Å². The number of carbonyl (C=O) groups excluding carboxylic acids is 1. The summed E-state index contributed by atoms with van der Waals surface area (Å²) in [7, 11) is 1.69. The molecular formula is C19H31ClN2O2. The van der Waals surface area contributed by atoms with Gasteiger partial charge in [-0.25, -0.2) is 0 Å². The highest BCUT2D eigenvalue weighted by atomic mass is 35.5. The summed E-state index contributed by atoms with van der Waals surface area (Å²) in [5.74, 6) is 0.191. The van der Waals surface area contributed by atoms with Gasteiger partial charge in [0.2, 0.25) is 5.91 Å². The minimum atomic E-state index is -0.337. The molecule has 1 saturated carbocycles. The molecule has 136 valence electrons. The molecule has 2 rings (SSSR count). The SMILES string of the molecule is COCCNCCNC(=O)C1(c2cccc(C)c2)CCCCC1.Cl. The van der Waals surface area contributed by atoms with E-state index in [0.717, 1.165) is 38.8 Å². The van der Waals surface area contributed by atoms with Crippen LogP contribution in [0.3, 0.4) is 0 Å². The first-order valence-electron chi connectivity index (χ1n) is 8.74. The molecule has 1 aromatic carbocycles. The third-order valence-corrected chi connectivity index (χ3v) is 4.78. The summed E-state index contributed by atoms with van der Waals surface area (Å²) in [4.78, 5) is 13.0. The second kappa shape index (κ2) is 10.7. The van der Waals surface area contributed by atoms with E-state index in [0.29, 0.717) is 13.2 Å². The Morgan fingerprint density at radius 2 is 1.92 bits per heavy atom. The fourth-order valence-electron chi connectivity index (χ4n) is 3.48. The smallest absolute Gasteiger partial charge is 0.230 e. The van der Waals surface area contributed by atoms with Crippen molar-refractivity contribution >= 4 is 18.3 Å². The molecule has 1 aromatic rings. The Bertz CT molecular complexity index is 502. The summed E-state index contributed by atoms with van der Waals surface area (Å²) in [6.07, 6.45) is 5.42. The van der Waals surface area contributed by atoms with Gasteiger partial charge in [-0.15, -0.1) is 12.4 Å². The topological polar surface area (TPSA) is 50.4 Å². The van der Waals surface area contributed by atoms with Gasteiger partial charge in [-0.05, 0) is 25.3 Å². The van der Waals surface area contributed by atoms with Crippen LogP contribution in [0.25, 0.3) is 0 Å². The van der Waals surface area contributed by atoms with Crippen molar-refractivity contribution in [3.05, 3.63) is 35.4 Å². The Morgan fingerprint density at radius 1 is 1.17 bits per heavy atom. The normalized spacial score (nSPS) is 16.2. The second-order valence-corrected chi connectivity index (χ2v) is 6.51. The van der Waals surface area contributed by atoms with Gasteiger partial charge in [-0.3, -0.25) is 4.79 Å². The van der Waals surface area contributed by atoms with Crippen molar-refractivity contribution in [1.29, 1.82) is 0 Å². The van der Waals surface area contributed by atoms with Crippen LogP contribution in [0.5, 0.6) is 0 Å². The van der Waals surface area contributed by atoms with Crippen molar-refractivity contribution in [2.24, 2.45) is 0 Å². The number of ether oxygens (including phenoxy) is 1. The lowest BCUT2D eigenvalue weighted by atomic mass is 9.68. The maximum atomic E-state index is 13.0. The first-order valence-corrected chi connectivity index (χ1v) is 8.74. The van der Waals surface area contributed by atoms with Gasteiger partial charge in [0.25, 0.3) is 0 Å². The van der Waals surface area contributed by atoms with Crippen molar-refractivity contribution < 1.29 is 9.53 Å². The first kappa shape index (κ1) is 20.9. The number of amides is 1. The van der Waals surface area contributed by atoms with Crippen LogP contribution in [0.15, 0.2) is 24.3 Å². The predicted molar refractivity (Wildman–Crippen MR) is 101 cm³/mol. The molecule has 0 radical (unpaired) electrons. The number of rotatable bonds is 8. The maximum absolute atomic E-state index is 13.0. The van der Waals surface area contributed by atoms with Crippen LogP contribution in [0, 0.1) is 6.92 Å². The highest BCUT2D eigenvalue weighted by Crippen LogP contribution is 2.40. The highest BCUT2D eigenvalue weighted by Gasteiger charge is 2.40. The zero-order valence-electron chi connectivity index (χ0n) is 14.9. The van der Waals surface area contributed by atoms with Gasteiger partial charge in [0, 0.05) is 26.7 Å². The molecule has 0 heterocycles. The van der Waals surface area contributed by atoms with E-state index in [1.54, 1.807) is 7.11 Å². The average Bonchev–Trinajstić information content (AvgIpc) is 2.58. The van der Waals surface area contributed by atoms with Crippen molar-refractivity contribution in [3.63, 3.8) is 0 Å². The molecule has 24 heavy (non-hydrogen) atoms. The summed E-state index contributed by atoms with van der Waals surface area (Å²) in [6, 6.07) is 8.47. The van der Waals surface area contributed by atoms with Gasteiger partial charge in [0.15, 0.2) is 0 Å². The molecule has 0 aliphatic heterocycles. The van der Waals surface area contributed by atoms with Crippen LogP contribution < -0.4 is 10.6 Å². The maximum Gasteiger partial charge on any atom is 0.230 e. The quantitative estimate of drug-likeness (QED) is 0.706. The van der Waals surface area contributed by atoms with E-state index >= 15 is 0 Å². The molecule has 4 nitrogen and oxygen atoms in total. The number of hydrogen-bond donors (Lipinski definition) is 2.